The van der Waals surface area contributed by atoms with Crippen LogP contribution in [0, 0.1) is 0 Å². The van der Waals surface area contributed by atoms with Crippen molar-refractivity contribution in [3.05, 3.63) is 28.7 Å². The number of benzene rings is 1. The van der Waals surface area contributed by atoms with Crippen molar-refractivity contribution in [2.45, 2.75) is 31.3 Å². The first-order valence-corrected chi connectivity index (χ1v) is 10.7. The van der Waals surface area contributed by atoms with E-state index < -0.39 is 15.4 Å². The predicted octanol–water partition coefficient (Wildman–Crippen LogP) is 2.78. The Bertz CT molecular complexity index is 690. The second-order valence-electron chi connectivity index (χ2n) is 7.08. The molecule has 1 fully saturated rings. The number of ether oxygens (including phenoxy) is 1. The fourth-order valence-corrected chi connectivity index (χ4v) is 4.04. The molecular formula is C17H25BrN2O4S. The highest BCUT2D eigenvalue weighted by molar-refractivity contribution is 9.10. The van der Waals surface area contributed by atoms with E-state index in [9.17, 15) is 13.2 Å². The molecule has 1 aliphatic rings. The highest BCUT2D eigenvalue weighted by Crippen LogP contribution is 2.17. The number of halogens is 1. The zero-order valence-corrected chi connectivity index (χ0v) is 17.3. The summed E-state index contributed by atoms with van der Waals surface area (Å²) in [6, 6.07) is 6.68. The molecule has 8 heteroatoms. The lowest BCUT2D eigenvalue weighted by Crippen LogP contribution is -2.50. The van der Waals surface area contributed by atoms with Crippen LogP contribution in [0.3, 0.4) is 0 Å². The molecular weight excluding hydrogens is 408 g/mol. The third-order valence-electron chi connectivity index (χ3n) is 3.87. The van der Waals surface area contributed by atoms with Gasteiger partial charge < -0.3 is 9.64 Å². The van der Waals surface area contributed by atoms with E-state index in [1.807, 2.05) is 20.8 Å². The number of piperazine rings is 1. The first kappa shape index (κ1) is 20.2. The summed E-state index contributed by atoms with van der Waals surface area (Å²) in [5.74, 6) is 0.0705. The molecule has 6 nitrogen and oxygen atoms in total. The van der Waals surface area contributed by atoms with Gasteiger partial charge in [-0.3, -0.25) is 4.90 Å². The average Bonchev–Trinajstić information content (AvgIpc) is 2.52. The molecule has 1 aliphatic heterocycles. The van der Waals surface area contributed by atoms with Crippen molar-refractivity contribution in [1.29, 1.82) is 0 Å². The largest absolute Gasteiger partial charge is 0.444 e. The van der Waals surface area contributed by atoms with Crippen LogP contribution in [0.1, 0.15) is 20.8 Å². The van der Waals surface area contributed by atoms with Gasteiger partial charge in [0.15, 0.2) is 9.84 Å². The molecule has 0 aromatic heterocycles. The van der Waals surface area contributed by atoms with Crippen molar-refractivity contribution in [1.82, 2.24) is 9.80 Å². The molecule has 140 valence electrons. The molecule has 1 aromatic carbocycles. The van der Waals surface area contributed by atoms with Gasteiger partial charge in [-0.05, 0) is 45.0 Å². The van der Waals surface area contributed by atoms with Crippen LogP contribution in [0.15, 0.2) is 33.6 Å². The summed E-state index contributed by atoms with van der Waals surface area (Å²) in [4.78, 5) is 16.1. The van der Waals surface area contributed by atoms with Gasteiger partial charge in [-0.15, -0.1) is 0 Å². The second kappa shape index (κ2) is 8.05. The fraction of sp³-hybridized carbons (Fsp3) is 0.588. The standard InChI is InChI=1S/C17H25BrN2O4S/c1-17(2,3)24-16(21)20-10-8-19(9-11-20)12-13-25(22,23)15-6-4-14(18)5-7-15/h4-7H,8-13H2,1-3H3. The van der Waals surface area contributed by atoms with Gasteiger partial charge >= 0.3 is 6.09 Å². The molecule has 0 spiro atoms. The van der Waals surface area contributed by atoms with Crippen molar-refractivity contribution in [3.63, 3.8) is 0 Å². The lowest BCUT2D eigenvalue weighted by atomic mass is 10.2. The van der Waals surface area contributed by atoms with E-state index in [0.29, 0.717) is 37.6 Å². The Labute approximate surface area is 158 Å². The minimum Gasteiger partial charge on any atom is -0.444 e. The first-order chi connectivity index (χ1) is 11.6. The summed E-state index contributed by atoms with van der Waals surface area (Å²) in [5, 5.41) is 0. The number of amides is 1. The van der Waals surface area contributed by atoms with Gasteiger partial charge in [0.1, 0.15) is 5.60 Å². The summed E-state index contributed by atoms with van der Waals surface area (Å²) in [5.41, 5.74) is -0.507. The fourth-order valence-electron chi connectivity index (χ4n) is 2.49. The Morgan fingerprint density at radius 3 is 2.20 bits per heavy atom. The van der Waals surface area contributed by atoms with Gasteiger partial charge in [0.2, 0.25) is 0 Å². The van der Waals surface area contributed by atoms with Gasteiger partial charge in [0.25, 0.3) is 0 Å². The van der Waals surface area contributed by atoms with Gasteiger partial charge in [-0.1, -0.05) is 15.9 Å². The minimum absolute atomic E-state index is 0.0705. The molecule has 1 saturated heterocycles. The van der Waals surface area contributed by atoms with Crippen LogP contribution in [0.4, 0.5) is 4.79 Å². The van der Waals surface area contributed by atoms with Gasteiger partial charge in [-0.25, -0.2) is 13.2 Å². The van der Waals surface area contributed by atoms with Crippen molar-refractivity contribution in [2.24, 2.45) is 0 Å². The molecule has 2 rings (SSSR count). The Morgan fingerprint density at radius 2 is 1.68 bits per heavy atom. The maximum atomic E-state index is 12.4. The summed E-state index contributed by atoms with van der Waals surface area (Å²) in [6.45, 7) is 8.38. The summed E-state index contributed by atoms with van der Waals surface area (Å²) >= 11 is 3.30. The number of carbonyl (C=O) groups is 1. The number of sulfone groups is 1. The highest BCUT2D eigenvalue weighted by atomic mass is 79.9. The predicted molar refractivity (Wildman–Crippen MR) is 100 cm³/mol. The Balaban J connectivity index is 1.82. The normalized spacial score (nSPS) is 16.7. The van der Waals surface area contributed by atoms with Crippen molar-refractivity contribution >= 4 is 31.9 Å². The summed E-state index contributed by atoms with van der Waals surface area (Å²) in [7, 11) is -3.30. The third-order valence-corrected chi connectivity index (χ3v) is 6.11. The van der Waals surface area contributed by atoms with E-state index in [-0.39, 0.29) is 11.8 Å². The van der Waals surface area contributed by atoms with Crippen molar-refractivity contribution < 1.29 is 17.9 Å². The Hall–Kier alpha value is -1.12. The van der Waals surface area contributed by atoms with Crippen LogP contribution in [-0.2, 0) is 14.6 Å². The van der Waals surface area contributed by atoms with Crippen LogP contribution in [0.25, 0.3) is 0 Å². The van der Waals surface area contributed by atoms with Crippen LogP contribution in [-0.4, -0.2) is 68.4 Å². The summed E-state index contributed by atoms with van der Waals surface area (Å²) in [6.07, 6.45) is -0.311. The Kier molecular flexibility index (Phi) is 6.51. The molecule has 1 aromatic rings. The average molecular weight is 433 g/mol. The van der Waals surface area contributed by atoms with Gasteiger partial charge in [0.05, 0.1) is 10.6 Å². The third kappa shape index (κ3) is 6.27. The molecule has 0 bridgehead atoms. The number of hydrogen-bond acceptors (Lipinski definition) is 5. The second-order valence-corrected chi connectivity index (χ2v) is 10.1. The van der Waals surface area contributed by atoms with Crippen molar-refractivity contribution in [2.75, 3.05) is 38.5 Å². The van der Waals surface area contributed by atoms with Gasteiger partial charge in [0, 0.05) is 37.2 Å². The smallest absolute Gasteiger partial charge is 0.410 e. The lowest BCUT2D eigenvalue weighted by molar-refractivity contribution is 0.0150. The molecule has 0 aliphatic carbocycles. The zero-order valence-electron chi connectivity index (χ0n) is 14.9. The van der Waals surface area contributed by atoms with Crippen molar-refractivity contribution in [3.8, 4) is 0 Å². The maximum absolute atomic E-state index is 12.4. The van der Waals surface area contributed by atoms with E-state index in [1.165, 1.54) is 0 Å². The van der Waals surface area contributed by atoms with Gasteiger partial charge in [-0.2, -0.15) is 0 Å². The molecule has 0 atom stereocenters. The van der Waals surface area contributed by atoms with Crippen LogP contribution >= 0.6 is 15.9 Å². The highest BCUT2D eigenvalue weighted by Gasteiger charge is 2.26. The topological polar surface area (TPSA) is 66.9 Å². The lowest BCUT2D eigenvalue weighted by Gasteiger charge is -2.35. The molecule has 1 heterocycles. The van der Waals surface area contributed by atoms with Crippen LogP contribution in [0.2, 0.25) is 0 Å². The first-order valence-electron chi connectivity index (χ1n) is 8.25. The Morgan fingerprint density at radius 1 is 1.12 bits per heavy atom. The molecule has 25 heavy (non-hydrogen) atoms. The number of nitrogens with zero attached hydrogens (tertiary/aromatic N) is 2. The van der Waals surface area contributed by atoms with E-state index >= 15 is 0 Å². The minimum atomic E-state index is -3.30. The number of carbonyl (C=O) groups excluding carboxylic acids is 1. The van der Waals surface area contributed by atoms with E-state index in [0.717, 1.165) is 4.47 Å². The summed E-state index contributed by atoms with van der Waals surface area (Å²) < 4.78 is 31.0. The molecule has 0 N–H and O–H groups in total. The maximum Gasteiger partial charge on any atom is 0.410 e. The number of hydrogen-bond donors (Lipinski definition) is 0. The van der Waals surface area contributed by atoms with E-state index in [2.05, 4.69) is 20.8 Å². The number of rotatable bonds is 4. The monoisotopic (exact) mass is 432 g/mol. The molecule has 0 saturated carbocycles. The SMILES string of the molecule is CC(C)(C)OC(=O)N1CCN(CCS(=O)(=O)c2ccc(Br)cc2)CC1. The molecule has 0 radical (unpaired) electrons. The van der Waals surface area contributed by atoms with Crippen LogP contribution in [0.5, 0.6) is 0 Å². The zero-order chi connectivity index (χ0) is 18.7. The molecule has 0 unspecified atom stereocenters. The van der Waals surface area contributed by atoms with E-state index in [1.54, 1.807) is 29.2 Å². The van der Waals surface area contributed by atoms with E-state index in [4.69, 9.17) is 4.74 Å². The molecule has 1 amide bonds. The van der Waals surface area contributed by atoms with Crippen LogP contribution < -0.4 is 0 Å². The quantitative estimate of drug-likeness (QED) is 0.731.